The highest BCUT2D eigenvalue weighted by Gasteiger charge is 1.98. The Morgan fingerprint density at radius 1 is 1.50 bits per heavy atom. The van der Waals surface area contributed by atoms with Gasteiger partial charge in [0.2, 0.25) is 0 Å². The Morgan fingerprint density at radius 3 is 3.25 bits per heavy atom. The third kappa shape index (κ3) is 1.16. The molecule has 1 heterocycles. The van der Waals surface area contributed by atoms with Gasteiger partial charge in [-0.3, -0.25) is 4.79 Å². The fourth-order valence-corrected chi connectivity index (χ4v) is 1.63. The molecule has 4 heteroatoms. The summed E-state index contributed by atoms with van der Waals surface area (Å²) >= 11 is 1.56. The number of hydrogen-bond donors (Lipinski definition) is 0. The zero-order valence-electron chi connectivity index (χ0n) is 6.06. The molecule has 3 nitrogen and oxygen atoms in total. The second-order valence-electron chi connectivity index (χ2n) is 2.20. The maximum Gasteiger partial charge on any atom is 0.298 e. The molecule has 0 aliphatic rings. The van der Waals surface area contributed by atoms with Gasteiger partial charge in [0.25, 0.3) is 6.47 Å². The van der Waals surface area contributed by atoms with E-state index in [-0.39, 0.29) is 0 Å². The minimum Gasteiger partial charge on any atom is -0.429 e. The summed E-state index contributed by atoms with van der Waals surface area (Å²) in [5, 5.41) is 0. The van der Waals surface area contributed by atoms with Crippen LogP contribution in [0.2, 0.25) is 0 Å². The van der Waals surface area contributed by atoms with Crippen LogP contribution in [0.5, 0.6) is 5.75 Å². The molecule has 1 aromatic carbocycles. The van der Waals surface area contributed by atoms with Crippen molar-refractivity contribution in [1.29, 1.82) is 0 Å². The van der Waals surface area contributed by atoms with Crippen LogP contribution in [-0.4, -0.2) is 11.5 Å². The van der Waals surface area contributed by atoms with Crippen molar-refractivity contribution in [2.75, 3.05) is 0 Å². The standard InChI is InChI=1S/C8H5NO2S/c10-5-11-6-1-2-8-7(3-6)9-4-12-8/h1-5H. The Labute approximate surface area is 72.6 Å². The van der Waals surface area contributed by atoms with Crippen molar-refractivity contribution in [2.45, 2.75) is 0 Å². The quantitative estimate of drug-likeness (QED) is 0.660. The number of hydrogen-bond acceptors (Lipinski definition) is 4. The Kier molecular flexibility index (Phi) is 1.75. The lowest BCUT2D eigenvalue weighted by Crippen LogP contribution is -1.87. The fourth-order valence-electron chi connectivity index (χ4n) is 0.967. The molecule has 0 unspecified atom stereocenters. The molecule has 0 spiro atoms. The predicted octanol–water partition coefficient (Wildman–Crippen LogP) is 1.83. The number of nitrogens with zero attached hydrogens (tertiary/aromatic N) is 1. The number of ether oxygens (including phenoxy) is 1. The van der Waals surface area contributed by atoms with E-state index in [4.69, 9.17) is 0 Å². The van der Waals surface area contributed by atoms with E-state index in [9.17, 15) is 4.79 Å². The molecule has 0 radical (unpaired) electrons. The Morgan fingerprint density at radius 2 is 2.42 bits per heavy atom. The summed E-state index contributed by atoms with van der Waals surface area (Å²) in [4.78, 5) is 14.1. The van der Waals surface area contributed by atoms with Crippen LogP contribution in [0.4, 0.5) is 0 Å². The third-order valence-corrected chi connectivity index (χ3v) is 2.30. The van der Waals surface area contributed by atoms with Crippen LogP contribution in [0.1, 0.15) is 0 Å². The number of carbonyl (C=O) groups is 1. The maximum atomic E-state index is 10.0. The molecule has 12 heavy (non-hydrogen) atoms. The number of benzene rings is 1. The molecule has 0 atom stereocenters. The predicted molar refractivity (Wildman–Crippen MR) is 46.3 cm³/mol. The monoisotopic (exact) mass is 179 g/mol. The van der Waals surface area contributed by atoms with Crippen LogP contribution in [0.15, 0.2) is 23.7 Å². The van der Waals surface area contributed by atoms with E-state index < -0.39 is 0 Å². The molecule has 0 saturated carbocycles. The maximum absolute atomic E-state index is 10.0. The summed E-state index contributed by atoms with van der Waals surface area (Å²) < 4.78 is 5.76. The van der Waals surface area contributed by atoms with Gasteiger partial charge in [0.05, 0.1) is 15.7 Å². The molecule has 0 saturated heterocycles. The van der Waals surface area contributed by atoms with Gasteiger partial charge in [-0.15, -0.1) is 11.3 Å². The highest BCUT2D eigenvalue weighted by Crippen LogP contribution is 2.22. The SMILES string of the molecule is O=COc1ccc2scnc2c1. The summed E-state index contributed by atoms with van der Waals surface area (Å²) in [6.07, 6.45) is 0. The van der Waals surface area contributed by atoms with Gasteiger partial charge in [0.1, 0.15) is 5.75 Å². The Hall–Kier alpha value is -1.42. The average Bonchev–Trinajstić information content (AvgIpc) is 2.51. The molecule has 0 aliphatic heterocycles. The van der Waals surface area contributed by atoms with Gasteiger partial charge in [-0.05, 0) is 12.1 Å². The fraction of sp³-hybridized carbons (Fsp3) is 0. The first-order valence-corrected chi connectivity index (χ1v) is 4.21. The van der Waals surface area contributed by atoms with Gasteiger partial charge < -0.3 is 4.74 Å². The minimum absolute atomic E-state index is 0.410. The lowest BCUT2D eigenvalue weighted by molar-refractivity contribution is -0.120. The zero-order chi connectivity index (χ0) is 8.39. The lowest BCUT2D eigenvalue weighted by atomic mass is 10.3. The molecule has 2 aromatic rings. The Balaban J connectivity index is 2.52. The Bertz CT molecular complexity index is 410. The molecule has 0 amide bonds. The van der Waals surface area contributed by atoms with E-state index in [0.717, 1.165) is 10.2 Å². The highest BCUT2D eigenvalue weighted by atomic mass is 32.1. The average molecular weight is 179 g/mol. The van der Waals surface area contributed by atoms with Crippen molar-refractivity contribution in [3.05, 3.63) is 23.7 Å². The lowest BCUT2D eigenvalue weighted by Gasteiger charge is -1.94. The van der Waals surface area contributed by atoms with E-state index >= 15 is 0 Å². The normalized spacial score (nSPS) is 10.0. The molecule has 0 bridgehead atoms. The highest BCUT2D eigenvalue weighted by molar-refractivity contribution is 7.16. The van der Waals surface area contributed by atoms with Crippen LogP contribution in [0, 0.1) is 0 Å². The topological polar surface area (TPSA) is 39.2 Å². The first kappa shape index (κ1) is 7.24. The van der Waals surface area contributed by atoms with Gasteiger partial charge in [-0.2, -0.15) is 0 Å². The summed E-state index contributed by atoms with van der Waals surface area (Å²) in [7, 11) is 0. The van der Waals surface area contributed by atoms with Crippen LogP contribution < -0.4 is 4.74 Å². The van der Waals surface area contributed by atoms with Crippen LogP contribution in [0.25, 0.3) is 10.2 Å². The van der Waals surface area contributed by atoms with Gasteiger partial charge in [-0.1, -0.05) is 0 Å². The van der Waals surface area contributed by atoms with E-state index in [0.29, 0.717) is 12.2 Å². The molecule has 60 valence electrons. The first-order valence-electron chi connectivity index (χ1n) is 3.34. The largest absolute Gasteiger partial charge is 0.429 e. The van der Waals surface area contributed by atoms with Crippen molar-refractivity contribution in [2.24, 2.45) is 0 Å². The number of thiazole rings is 1. The van der Waals surface area contributed by atoms with Crippen molar-refractivity contribution >= 4 is 28.0 Å². The van der Waals surface area contributed by atoms with Gasteiger partial charge >= 0.3 is 0 Å². The van der Waals surface area contributed by atoms with E-state index in [1.807, 2.05) is 6.07 Å². The van der Waals surface area contributed by atoms with E-state index in [1.165, 1.54) is 0 Å². The van der Waals surface area contributed by atoms with Gasteiger partial charge in [0, 0.05) is 6.07 Å². The van der Waals surface area contributed by atoms with Gasteiger partial charge in [-0.25, -0.2) is 4.98 Å². The van der Waals surface area contributed by atoms with E-state index in [2.05, 4.69) is 9.72 Å². The summed E-state index contributed by atoms with van der Waals surface area (Å²) in [5.74, 6) is 0.531. The first-order chi connectivity index (χ1) is 5.90. The number of fused-ring (bicyclic) bond motifs is 1. The molecular formula is C8H5NO2S. The summed E-state index contributed by atoms with van der Waals surface area (Å²) in [5.41, 5.74) is 2.62. The number of aromatic nitrogens is 1. The molecule has 0 fully saturated rings. The number of rotatable bonds is 2. The molecule has 0 N–H and O–H groups in total. The third-order valence-electron chi connectivity index (χ3n) is 1.49. The molecule has 1 aromatic heterocycles. The second-order valence-corrected chi connectivity index (χ2v) is 3.08. The molecule has 2 rings (SSSR count). The van der Waals surface area contributed by atoms with Crippen molar-refractivity contribution in [3.8, 4) is 5.75 Å². The summed E-state index contributed by atoms with van der Waals surface area (Å²) in [6.45, 7) is 0.410. The van der Waals surface area contributed by atoms with Crippen molar-refractivity contribution in [1.82, 2.24) is 4.98 Å². The van der Waals surface area contributed by atoms with E-state index in [1.54, 1.807) is 29.0 Å². The zero-order valence-corrected chi connectivity index (χ0v) is 6.88. The molecule has 0 aliphatic carbocycles. The van der Waals surface area contributed by atoms with Crippen molar-refractivity contribution < 1.29 is 9.53 Å². The number of carbonyl (C=O) groups excluding carboxylic acids is 1. The second kappa shape index (κ2) is 2.91. The van der Waals surface area contributed by atoms with Crippen LogP contribution in [0.3, 0.4) is 0 Å². The molecular weight excluding hydrogens is 174 g/mol. The van der Waals surface area contributed by atoms with Gasteiger partial charge in [0.15, 0.2) is 0 Å². The van der Waals surface area contributed by atoms with Crippen LogP contribution >= 0.6 is 11.3 Å². The van der Waals surface area contributed by atoms with Crippen LogP contribution in [-0.2, 0) is 4.79 Å². The van der Waals surface area contributed by atoms with Crippen molar-refractivity contribution in [3.63, 3.8) is 0 Å². The smallest absolute Gasteiger partial charge is 0.298 e. The summed E-state index contributed by atoms with van der Waals surface area (Å²) in [6, 6.07) is 5.36. The minimum atomic E-state index is 0.410.